The highest BCUT2D eigenvalue weighted by molar-refractivity contribution is 7.92. The molecule has 2 fully saturated rings. The number of fused-ring (bicyclic) bond motifs is 4. The number of allylic oxidation sites excluding steroid dienone is 1. The highest BCUT2D eigenvalue weighted by Gasteiger charge is 2.45. The van der Waals surface area contributed by atoms with E-state index < -0.39 is 40.4 Å². The first-order chi connectivity index (χ1) is 24.4. The number of benzene rings is 2. The van der Waals surface area contributed by atoms with Gasteiger partial charge in [-0.3, -0.25) is 14.3 Å². The van der Waals surface area contributed by atoms with E-state index in [1.165, 1.54) is 11.1 Å². The molecule has 51 heavy (non-hydrogen) atoms. The summed E-state index contributed by atoms with van der Waals surface area (Å²) >= 11 is 6.44. The monoisotopic (exact) mass is 745 g/mol. The Hall–Kier alpha value is -3.06. The van der Waals surface area contributed by atoms with E-state index in [2.05, 4.69) is 36.9 Å². The minimum Gasteiger partial charge on any atom is -0.490 e. The van der Waals surface area contributed by atoms with Crippen molar-refractivity contribution in [1.29, 1.82) is 0 Å². The SMILES string of the molecule is CO[C@H]1/C=C/C[C@H](C)CS(=O)(NC(=O)C2CC(OC(F)F)C2)=NC(=O)c2ccc3c(c2)N(C[C@@H]2CC[C@H]21)C[C@@]1(CCCc2cc(Cl)ccc21)CO3. The minimum atomic E-state index is -3.59. The first kappa shape index (κ1) is 36.3. The van der Waals surface area contributed by atoms with Crippen LogP contribution in [0.4, 0.5) is 14.5 Å². The first-order valence-corrected chi connectivity index (χ1v) is 20.0. The summed E-state index contributed by atoms with van der Waals surface area (Å²) in [4.78, 5) is 29.5. The van der Waals surface area contributed by atoms with Gasteiger partial charge >= 0.3 is 6.61 Å². The lowest BCUT2D eigenvalue weighted by Gasteiger charge is -2.46. The number of carbonyl (C=O) groups excluding carboxylic acids is 2. The van der Waals surface area contributed by atoms with E-state index in [1.54, 1.807) is 25.3 Å². The molecular weight excluding hydrogens is 700 g/mol. The summed E-state index contributed by atoms with van der Waals surface area (Å²) in [6, 6.07) is 11.4. The average molecular weight is 746 g/mol. The second kappa shape index (κ2) is 14.8. The third-order valence-electron chi connectivity index (χ3n) is 11.5. The summed E-state index contributed by atoms with van der Waals surface area (Å²) in [7, 11) is -1.85. The van der Waals surface area contributed by atoms with Crippen molar-refractivity contribution >= 4 is 39.0 Å². The lowest BCUT2D eigenvalue weighted by atomic mass is 9.68. The fourth-order valence-corrected chi connectivity index (χ4v) is 10.8. The molecule has 7 rings (SSSR count). The molecule has 2 heterocycles. The van der Waals surface area contributed by atoms with Gasteiger partial charge in [-0.1, -0.05) is 36.7 Å². The van der Waals surface area contributed by atoms with E-state index in [0.717, 1.165) is 49.4 Å². The topological polar surface area (TPSA) is 107 Å². The van der Waals surface area contributed by atoms with Crippen LogP contribution in [0.25, 0.3) is 0 Å². The molecule has 2 amide bonds. The summed E-state index contributed by atoms with van der Waals surface area (Å²) < 4.78 is 63.6. The normalized spacial score (nSPS) is 34.2. The number of amides is 2. The van der Waals surface area contributed by atoms with Crippen LogP contribution in [0.5, 0.6) is 5.75 Å². The minimum absolute atomic E-state index is 0.0612. The van der Waals surface area contributed by atoms with Gasteiger partial charge in [-0.15, -0.1) is 4.36 Å². The largest absolute Gasteiger partial charge is 0.490 e. The van der Waals surface area contributed by atoms with Crippen LogP contribution < -0.4 is 14.4 Å². The molecule has 0 aromatic heterocycles. The maximum absolute atomic E-state index is 14.4. The Morgan fingerprint density at radius 1 is 1.20 bits per heavy atom. The number of nitrogens with zero attached hydrogens (tertiary/aromatic N) is 2. The molecule has 5 aliphatic rings. The Morgan fingerprint density at radius 2 is 2.02 bits per heavy atom. The predicted octanol–water partition coefficient (Wildman–Crippen LogP) is 7.11. The third kappa shape index (κ3) is 7.70. The van der Waals surface area contributed by atoms with E-state index in [-0.39, 0.29) is 41.6 Å². The van der Waals surface area contributed by atoms with Crippen LogP contribution in [0.3, 0.4) is 0 Å². The Kier molecular flexibility index (Phi) is 10.5. The maximum Gasteiger partial charge on any atom is 0.345 e. The van der Waals surface area contributed by atoms with Crippen molar-refractivity contribution in [3.05, 3.63) is 70.3 Å². The van der Waals surface area contributed by atoms with Gasteiger partial charge in [0.2, 0.25) is 5.91 Å². The van der Waals surface area contributed by atoms with Gasteiger partial charge in [0.05, 0.1) is 30.3 Å². The number of methoxy groups -OCH3 is 1. The molecule has 2 bridgehead atoms. The van der Waals surface area contributed by atoms with Crippen LogP contribution in [-0.4, -0.2) is 67.4 Å². The van der Waals surface area contributed by atoms with Crippen molar-refractivity contribution in [2.75, 3.05) is 37.5 Å². The summed E-state index contributed by atoms with van der Waals surface area (Å²) in [6.07, 6.45) is 8.98. The molecule has 1 N–H and O–H groups in total. The van der Waals surface area contributed by atoms with Crippen LogP contribution >= 0.6 is 11.6 Å². The molecule has 276 valence electrons. The molecule has 3 aliphatic carbocycles. The molecule has 2 aromatic carbocycles. The maximum atomic E-state index is 14.4. The predicted molar refractivity (Wildman–Crippen MR) is 192 cm³/mol. The van der Waals surface area contributed by atoms with Crippen molar-refractivity contribution in [2.24, 2.45) is 28.0 Å². The molecule has 2 saturated carbocycles. The molecule has 9 nitrogen and oxygen atoms in total. The Balaban J connectivity index is 1.25. The highest BCUT2D eigenvalue weighted by atomic mass is 35.5. The molecule has 1 unspecified atom stereocenters. The van der Waals surface area contributed by atoms with Gasteiger partial charge in [0.25, 0.3) is 5.91 Å². The van der Waals surface area contributed by atoms with Gasteiger partial charge in [-0.25, -0.2) is 4.21 Å². The quantitative estimate of drug-likeness (QED) is 0.326. The van der Waals surface area contributed by atoms with Crippen molar-refractivity contribution in [3.63, 3.8) is 0 Å². The highest BCUT2D eigenvalue weighted by Crippen LogP contribution is 2.47. The van der Waals surface area contributed by atoms with E-state index in [9.17, 15) is 22.6 Å². The fraction of sp³-hybridized carbons (Fsp3) is 0.579. The second-order valence-electron chi connectivity index (χ2n) is 15.1. The first-order valence-electron chi connectivity index (χ1n) is 18.0. The van der Waals surface area contributed by atoms with Crippen molar-refractivity contribution < 1.29 is 36.8 Å². The molecule has 6 atom stereocenters. The van der Waals surface area contributed by atoms with E-state index in [1.807, 2.05) is 19.1 Å². The zero-order chi connectivity index (χ0) is 35.9. The summed E-state index contributed by atoms with van der Waals surface area (Å²) in [5.41, 5.74) is 3.21. The average Bonchev–Trinajstić information content (AvgIpc) is 3.19. The van der Waals surface area contributed by atoms with Gasteiger partial charge in [0.15, 0.2) is 0 Å². The number of hydrogen-bond donors (Lipinski definition) is 1. The number of ether oxygens (including phenoxy) is 3. The van der Waals surface area contributed by atoms with Gasteiger partial charge in [-0.2, -0.15) is 8.78 Å². The third-order valence-corrected chi connectivity index (χ3v) is 13.8. The van der Waals surface area contributed by atoms with Crippen LogP contribution in [0.2, 0.25) is 5.02 Å². The standard InChI is InChI=1S/C38H46ClF2N3O6S/c1-23-5-3-7-33(48-2)30-11-8-26(30)19-44-21-38(14-4-6-24-15-28(39)10-12-31(24)38)22-49-34-13-9-25(18-32(34)44)35(45)42-51(47,20-23)43-36(46)27-16-29(17-27)50-37(40)41/h3,7,9-10,12-13,15,18,23,26-27,29-30,33,37H,4-6,8,11,14,16-17,19-22H2,1-2H3,(H,42,43,45,46,47)/b7-3+/t23-,26-,27?,29?,30+,33-,38-,51?/m0/s1. The molecule has 0 radical (unpaired) electrons. The van der Waals surface area contributed by atoms with Gasteiger partial charge < -0.3 is 19.1 Å². The van der Waals surface area contributed by atoms with Crippen molar-refractivity contribution in [3.8, 4) is 5.75 Å². The molecule has 2 aromatic rings. The number of aryl methyl sites for hydroxylation is 1. The smallest absolute Gasteiger partial charge is 0.345 e. The van der Waals surface area contributed by atoms with Crippen LogP contribution in [0, 0.1) is 23.7 Å². The van der Waals surface area contributed by atoms with Gasteiger partial charge in [0.1, 0.15) is 15.7 Å². The molecule has 1 spiro atoms. The number of nitrogens with one attached hydrogen (secondary N) is 1. The second-order valence-corrected chi connectivity index (χ2v) is 17.6. The van der Waals surface area contributed by atoms with Crippen molar-refractivity contribution in [1.82, 2.24) is 4.72 Å². The number of rotatable bonds is 5. The number of anilines is 1. The van der Waals surface area contributed by atoms with Crippen LogP contribution in [0.15, 0.2) is 52.9 Å². The Bertz CT molecular complexity index is 1810. The van der Waals surface area contributed by atoms with E-state index in [0.29, 0.717) is 37.2 Å². The van der Waals surface area contributed by atoms with E-state index >= 15 is 0 Å². The fourth-order valence-electron chi connectivity index (χ4n) is 8.64. The number of alkyl halides is 2. The van der Waals surface area contributed by atoms with Gasteiger partial charge in [0, 0.05) is 42.1 Å². The zero-order valence-electron chi connectivity index (χ0n) is 29.0. The summed E-state index contributed by atoms with van der Waals surface area (Å²) in [5, 5.41) is 0.719. The lowest BCUT2D eigenvalue weighted by molar-refractivity contribution is -0.192. The molecule has 2 aliphatic heterocycles. The van der Waals surface area contributed by atoms with Crippen LogP contribution in [0.1, 0.15) is 73.4 Å². The van der Waals surface area contributed by atoms with E-state index in [4.69, 9.17) is 21.1 Å². The number of hydrogen-bond acceptors (Lipinski definition) is 7. The lowest BCUT2D eigenvalue weighted by Crippen LogP contribution is -2.49. The van der Waals surface area contributed by atoms with Crippen LogP contribution in [-0.2, 0) is 36.0 Å². The van der Waals surface area contributed by atoms with Gasteiger partial charge in [-0.05, 0) is 111 Å². The molecular formula is C38H46ClF2N3O6S. The molecule has 0 saturated heterocycles. The molecule has 13 heteroatoms. The number of halogens is 3. The zero-order valence-corrected chi connectivity index (χ0v) is 30.6. The Morgan fingerprint density at radius 3 is 2.76 bits per heavy atom. The number of carbonyl (C=O) groups is 2. The Labute approximate surface area is 303 Å². The summed E-state index contributed by atoms with van der Waals surface area (Å²) in [5.74, 6) is -0.883. The summed E-state index contributed by atoms with van der Waals surface area (Å²) in [6.45, 7) is 0.872. The van der Waals surface area contributed by atoms with Crippen molar-refractivity contribution in [2.45, 2.75) is 82.5 Å².